The summed E-state index contributed by atoms with van der Waals surface area (Å²) in [6.07, 6.45) is 2.52. The van der Waals surface area contributed by atoms with E-state index in [4.69, 9.17) is 4.74 Å². The number of nitrogens with zero attached hydrogens (tertiary/aromatic N) is 1. The van der Waals surface area contributed by atoms with Gasteiger partial charge in [0.1, 0.15) is 0 Å². The van der Waals surface area contributed by atoms with Gasteiger partial charge in [-0.15, -0.1) is 0 Å². The van der Waals surface area contributed by atoms with Gasteiger partial charge in [0.2, 0.25) is 10.0 Å². The van der Waals surface area contributed by atoms with Crippen molar-refractivity contribution in [2.45, 2.75) is 32.7 Å². The molecule has 1 aliphatic carbocycles. The number of hydrogen-bond donors (Lipinski definition) is 1. The molecule has 1 aliphatic rings. The maximum Gasteiger partial charge on any atom is 0.215 e. The average Bonchev–Trinajstić information content (AvgIpc) is 3.07. The van der Waals surface area contributed by atoms with Crippen LogP contribution in [0.3, 0.4) is 0 Å². The number of sulfonamides is 1. The zero-order chi connectivity index (χ0) is 13.6. The van der Waals surface area contributed by atoms with E-state index in [9.17, 15) is 8.42 Å². The maximum atomic E-state index is 11.9. The van der Waals surface area contributed by atoms with Crippen LogP contribution in [0.2, 0.25) is 0 Å². The third-order valence-corrected chi connectivity index (χ3v) is 4.84. The quantitative estimate of drug-likeness (QED) is 0.597. The lowest BCUT2D eigenvalue weighted by atomic mass is 10.4. The van der Waals surface area contributed by atoms with Crippen molar-refractivity contribution in [3.05, 3.63) is 0 Å². The highest BCUT2D eigenvalue weighted by atomic mass is 32.2. The Morgan fingerprint density at radius 2 is 2.06 bits per heavy atom. The van der Waals surface area contributed by atoms with E-state index >= 15 is 0 Å². The SMILES string of the molecule is CC(C)NCCS(=O)(=O)N(C)CCOCC1CC1. The van der Waals surface area contributed by atoms with Gasteiger partial charge in [-0.1, -0.05) is 13.8 Å². The van der Waals surface area contributed by atoms with Gasteiger partial charge in [0.05, 0.1) is 12.4 Å². The lowest BCUT2D eigenvalue weighted by Gasteiger charge is -2.17. The van der Waals surface area contributed by atoms with Gasteiger partial charge in [-0.25, -0.2) is 12.7 Å². The van der Waals surface area contributed by atoms with Crippen LogP contribution in [-0.4, -0.2) is 57.9 Å². The maximum absolute atomic E-state index is 11.9. The fourth-order valence-corrected chi connectivity index (χ4v) is 2.54. The van der Waals surface area contributed by atoms with Crippen molar-refractivity contribution in [1.29, 1.82) is 0 Å². The summed E-state index contributed by atoms with van der Waals surface area (Å²) < 4.78 is 30.6. The van der Waals surface area contributed by atoms with E-state index in [1.165, 1.54) is 17.1 Å². The molecule has 1 fully saturated rings. The molecule has 0 saturated heterocycles. The summed E-state index contributed by atoms with van der Waals surface area (Å²) >= 11 is 0. The number of rotatable bonds is 10. The van der Waals surface area contributed by atoms with Gasteiger partial charge in [-0.3, -0.25) is 0 Å². The first-order chi connectivity index (χ1) is 8.42. The summed E-state index contributed by atoms with van der Waals surface area (Å²) in [5.74, 6) is 0.867. The number of nitrogens with one attached hydrogen (secondary N) is 1. The summed E-state index contributed by atoms with van der Waals surface area (Å²) in [4.78, 5) is 0. The summed E-state index contributed by atoms with van der Waals surface area (Å²) in [6, 6.07) is 0.312. The molecule has 0 aromatic heterocycles. The molecule has 108 valence electrons. The van der Waals surface area contributed by atoms with Gasteiger partial charge >= 0.3 is 0 Å². The molecule has 0 aromatic rings. The molecule has 0 bridgehead atoms. The average molecular weight is 278 g/mol. The van der Waals surface area contributed by atoms with Crippen molar-refractivity contribution >= 4 is 10.0 Å². The summed E-state index contributed by atoms with van der Waals surface area (Å²) in [5.41, 5.74) is 0. The van der Waals surface area contributed by atoms with Crippen molar-refractivity contribution in [3.63, 3.8) is 0 Å². The van der Waals surface area contributed by atoms with Crippen LogP contribution in [0, 0.1) is 5.92 Å². The van der Waals surface area contributed by atoms with E-state index in [-0.39, 0.29) is 5.75 Å². The molecule has 0 amide bonds. The molecular weight excluding hydrogens is 252 g/mol. The van der Waals surface area contributed by atoms with Crippen molar-refractivity contribution in [1.82, 2.24) is 9.62 Å². The molecule has 0 atom stereocenters. The van der Waals surface area contributed by atoms with E-state index in [0.717, 1.165) is 12.5 Å². The van der Waals surface area contributed by atoms with Crippen LogP contribution < -0.4 is 5.32 Å². The first kappa shape index (κ1) is 15.9. The lowest BCUT2D eigenvalue weighted by Crippen LogP contribution is -2.37. The van der Waals surface area contributed by atoms with Gasteiger partial charge in [0, 0.05) is 32.8 Å². The molecule has 6 heteroatoms. The summed E-state index contributed by atoms with van der Waals surface area (Å²) in [6.45, 7) is 6.21. The number of likely N-dealkylation sites (N-methyl/N-ethyl adjacent to an activating group) is 1. The molecule has 1 saturated carbocycles. The molecule has 18 heavy (non-hydrogen) atoms. The minimum absolute atomic E-state index is 0.143. The highest BCUT2D eigenvalue weighted by molar-refractivity contribution is 7.89. The Morgan fingerprint density at radius 3 is 2.61 bits per heavy atom. The van der Waals surface area contributed by atoms with Crippen molar-refractivity contribution in [3.8, 4) is 0 Å². The second-order valence-electron chi connectivity index (χ2n) is 5.26. The zero-order valence-corrected chi connectivity index (χ0v) is 12.5. The molecule has 0 heterocycles. The Kier molecular flexibility index (Phi) is 6.55. The van der Waals surface area contributed by atoms with Gasteiger partial charge in [0.15, 0.2) is 0 Å². The van der Waals surface area contributed by atoms with Gasteiger partial charge in [-0.2, -0.15) is 0 Å². The van der Waals surface area contributed by atoms with Crippen LogP contribution in [-0.2, 0) is 14.8 Å². The molecule has 1 N–H and O–H groups in total. The Labute approximate surface area is 111 Å². The van der Waals surface area contributed by atoms with Crippen molar-refractivity contribution < 1.29 is 13.2 Å². The third-order valence-electron chi connectivity index (χ3n) is 2.99. The summed E-state index contributed by atoms with van der Waals surface area (Å²) in [7, 11) is -1.53. The van der Waals surface area contributed by atoms with Gasteiger partial charge < -0.3 is 10.1 Å². The van der Waals surface area contributed by atoms with E-state index in [1.54, 1.807) is 7.05 Å². The van der Waals surface area contributed by atoms with Crippen LogP contribution in [0.5, 0.6) is 0 Å². The Hall–Kier alpha value is -0.170. The topological polar surface area (TPSA) is 58.6 Å². The van der Waals surface area contributed by atoms with E-state index < -0.39 is 10.0 Å². The Morgan fingerprint density at radius 1 is 1.39 bits per heavy atom. The number of hydrogen-bond acceptors (Lipinski definition) is 4. The van der Waals surface area contributed by atoms with Crippen molar-refractivity contribution in [2.75, 3.05) is 39.1 Å². The van der Waals surface area contributed by atoms with Crippen LogP contribution in [0.1, 0.15) is 26.7 Å². The Bertz CT molecular complexity index is 326. The molecule has 0 aromatic carbocycles. The minimum atomic E-state index is -3.15. The first-order valence-electron chi connectivity index (χ1n) is 6.67. The molecule has 0 aliphatic heterocycles. The van der Waals surface area contributed by atoms with Crippen LogP contribution in [0.4, 0.5) is 0 Å². The predicted molar refractivity (Wildman–Crippen MR) is 73.1 cm³/mol. The molecule has 0 spiro atoms. The standard InChI is InChI=1S/C12H26N2O3S/c1-11(2)13-6-9-18(15,16)14(3)7-8-17-10-12-4-5-12/h11-13H,4-10H2,1-3H3. The van der Waals surface area contributed by atoms with Gasteiger partial charge in [0.25, 0.3) is 0 Å². The highest BCUT2D eigenvalue weighted by Crippen LogP contribution is 2.28. The predicted octanol–water partition coefficient (Wildman–Crippen LogP) is 0.673. The third kappa shape index (κ3) is 6.68. The summed E-state index contributed by atoms with van der Waals surface area (Å²) in [5, 5.41) is 3.11. The van der Waals surface area contributed by atoms with Crippen LogP contribution >= 0.6 is 0 Å². The fraction of sp³-hybridized carbons (Fsp3) is 1.00. The van der Waals surface area contributed by atoms with E-state index in [1.807, 2.05) is 13.8 Å². The largest absolute Gasteiger partial charge is 0.380 e. The number of ether oxygens (including phenoxy) is 1. The molecular formula is C12H26N2O3S. The Balaban J connectivity index is 2.13. The second kappa shape index (κ2) is 7.43. The second-order valence-corrected chi connectivity index (χ2v) is 7.46. The minimum Gasteiger partial charge on any atom is -0.380 e. The highest BCUT2D eigenvalue weighted by Gasteiger charge is 2.22. The van der Waals surface area contributed by atoms with E-state index in [0.29, 0.717) is 25.7 Å². The van der Waals surface area contributed by atoms with Crippen LogP contribution in [0.15, 0.2) is 0 Å². The molecule has 5 nitrogen and oxygen atoms in total. The molecule has 0 radical (unpaired) electrons. The molecule has 0 unspecified atom stereocenters. The monoisotopic (exact) mass is 278 g/mol. The first-order valence-corrected chi connectivity index (χ1v) is 8.28. The van der Waals surface area contributed by atoms with Crippen molar-refractivity contribution in [2.24, 2.45) is 5.92 Å². The fourth-order valence-electron chi connectivity index (χ4n) is 1.50. The van der Waals surface area contributed by atoms with Crippen LogP contribution in [0.25, 0.3) is 0 Å². The smallest absolute Gasteiger partial charge is 0.215 e. The normalized spacial score (nSPS) is 16.7. The van der Waals surface area contributed by atoms with E-state index in [2.05, 4.69) is 5.32 Å². The van der Waals surface area contributed by atoms with Gasteiger partial charge in [-0.05, 0) is 18.8 Å². The lowest BCUT2D eigenvalue weighted by molar-refractivity contribution is 0.117. The zero-order valence-electron chi connectivity index (χ0n) is 11.7. The molecule has 1 rings (SSSR count).